The SMILES string of the molecule is CCCCCCCCCCCCC(Oc1cc(NC(C)=O)c(O)c(Cl)c1C)C(=O)O. The van der Waals surface area contributed by atoms with Crippen LogP contribution in [0.25, 0.3) is 0 Å². The lowest BCUT2D eigenvalue weighted by molar-refractivity contribution is -0.145. The number of benzene rings is 1. The molecule has 1 atom stereocenters. The molecule has 0 radical (unpaired) electrons. The fraction of sp³-hybridized carbons (Fsp3) is 0.652. The molecular weight excluding hydrogens is 406 g/mol. The third-order valence-corrected chi connectivity index (χ3v) is 5.58. The Hall–Kier alpha value is -1.95. The van der Waals surface area contributed by atoms with Crippen molar-refractivity contribution in [1.82, 2.24) is 0 Å². The molecule has 1 unspecified atom stereocenters. The standard InChI is InChI=1S/C23H36ClNO5/c1-4-5-6-7-8-9-10-11-12-13-14-19(23(28)29)30-20-15-18(25-17(3)26)22(27)21(24)16(20)2/h15,19,27H,4-14H2,1-3H3,(H,25,26)(H,28,29). The predicted octanol–water partition coefficient (Wildman–Crippen LogP) is 6.46. The minimum absolute atomic E-state index is 0.0272. The van der Waals surface area contributed by atoms with Gasteiger partial charge in [-0.15, -0.1) is 0 Å². The van der Waals surface area contributed by atoms with Gasteiger partial charge in [-0.3, -0.25) is 4.79 Å². The van der Waals surface area contributed by atoms with Gasteiger partial charge in [0.2, 0.25) is 5.91 Å². The number of carbonyl (C=O) groups excluding carboxylic acids is 1. The first kappa shape index (κ1) is 26.1. The van der Waals surface area contributed by atoms with Gasteiger partial charge in [0.25, 0.3) is 0 Å². The van der Waals surface area contributed by atoms with Crippen molar-refractivity contribution >= 4 is 29.2 Å². The highest BCUT2D eigenvalue weighted by Crippen LogP contribution is 2.40. The number of aliphatic carboxylic acids is 1. The summed E-state index contributed by atoms with van der Waals surface area (Å²) in [6.45, 7) is 5.15. The molecule has 30 heavy (non-hydrogen) atoms. The van der Waals surface area contributed by atoms with Crippen LogP contribution < -0.4 is 10.1 Å². The lowest BCUT2D eigenvalue weighted by Crippen LogP contribution is -2.27. The molecule has 0 fully saturated rings. The number of rotatable bonds is 15. The van der Waals surface area contributed by atoms with Gasteiger partial charge in [0.1, 0.15) is 5.75 Å². The molecule has 0 spiro atoms. The summed E-state index contributed by atoms with van der Waals surface area (Å²) in [5.74, 6) is -1.45. The van der Waals surface area contributed by atoms with Crippen LogP contribution in [0.3, 0.4) is 0 Å². The quantitative estimate of drug-likeness (QED) is 0.214. The van der Waals surface area contributed by atoms with Gasteiger partial charge in [-0.2, -0.15) is 0 Å². The molecule has 1 aromatic rings. The van der Waals surface area contributed by atoms with E-state index < -0.39 is 12.1 Å². The van der Waals surface area contributed by atoms with Crippen molar-refractivity contribution in [2.75, 3.05) is 5.32 Å². The Bertz CT molecular complexity index is 693. The number of phenolic OH excluding ortho intramolecular Hbond substituents is 1. The van der Waals surface area contributed by atoms with Crippen LogP contribution in [-0.4, -0.2) is 28.2 Å². The van der Waals surface area contributed by atoms with Crippen molar-refractivity contribution in [2.24, 2.45) is 0 Å². The molecule has 170 valence electrons. The number of halogens is 1. The number of unbranched alkanes of at least 4 members (excludes halogenated alkanes) is 9. The number of hydrogen-bond donors (Lipinski definition) is 3. The third kappa shape index (κ3) is 9.24. The summed E-state index contributed by atoms with van der Waals surface area (Å²) in [6.07, 6.45) is 11.1. The predicted molar refractivity (Wildman–Crippen MR) is 121 cm³/mol. The summed E-state index contributed by atoms with van der Waals surface area (Å²) < 4.78 is 5.70. The number of ether oxygens (including phenoxy) is 1. The zero-order chi connectivity index (χ0) is 22.5. The molecule has 0 aliphatic carbocycles. The molecule has 7 heteroatoms. The van der Waals surface area contributed by atoms with Crippen molar-refractivity contribution in [3.8, 4) is 11.5 Å². The van der Waals surface area contributed by atoms with E-state index in [1.807, 2.05) is 0 Å². The highest BCUT2D eigenvalue weighted by molar-refractivity contribution is 6.33. The lowest BCUT2D eigenvalue weighted by atomic mass is 10.0. The van der Waals surface area contributed by atoms with Crippen LogP contribution in [0.4, 0.5) is 5.69 Å². The van der Waals surface area contributed by atoms with E-state index in [0.717, 1.165) is 19.3 Å². The van der Waals surface area contributed by atoms with E-state index >= 15 is 0 Å². The monoisotopic (exact) mass is 441 g/mol. The van der Waals surface area contributed by atoms with Gasteiger partial charge >= 0.3 is 5.97 Å². The first-order chi connectivity index (χ1) is 14.3. The second kappa shape index (κ2) is 14.1. The van der Waals surface area contributed by atoms with Gasteiger partial charge in [-0.25, -0.2) is 4.79 Å². The molecule has 0 aromatic heterocycles. The Labute approximate surface area is 185 Å². The van der Waals surface area contributed by atoms with Crippen molar-refractivity contribution < 1.29 is 24.5 Å². The number of carboxylic acid groups (broad SMARTS) is 1. The summed E-state index contributed by atoms with van der Waals surface area (Å²) in [5.41, 5.74) is 0.522. The number of carbonyl (C=O) groups is 2. The average Bonchev–Trinajstić information content (AvgIpc) is 2.69. The van der Waals surface area contributed by atoms with Crippen LogP contribution in [0.2, 0.25) is 5.02 Å². The van der Waals surface area contributed by atoms with E-state index in [1.165, 1.54) is 57.9 Å². The number of aromatic hydroxyl groups is 1. The molecule has 1 amide bonds. The van der Waals surface area contributed by atoms with Crippen molar-refractivity contribution in [1.29, 1.82) is 0 Å². The summed E-state index contributed by atoms with van der Waals surface area (Å²) >= 11 is 6.12. The van der Waals surface area contributed by atoms with Crippen LogP contribution in [0, 0.1) is 6.92 Å². The summed E-state index contributed by atoms with van der Waals surface area (Å²) in [6, 6.07) is 1.41. The first-order valence-corrected chi connectivity index (χ1v) is 11.3. The Morgan fingerprint density at radius 1 is 1.07 bits per heavy atom. The average molecular weight is 442 g/mol. The topological polar surface area (TPSA) is 95.9 Å². The minimum Gasteiger partial charge on any atom is -0.504 e. The van der Waals surface area contributed by atoms with E-state index in [0.29, 0.717) is 12.0 Å². The van der Waals surface area contributed by atoms with Gasteiger partial charge in [0, 0.05) is 18.6 Å². The normalized spacial score (nSPS) is 11.9. The zero-order valence-corrected chi connectivity index (χ0v) is 19.2. The summed E-state index contributed by atoms with van der Waals surface area (Å²) in [7, 11) is 0. The van der Waals surface area contributed by atoms with Gasteiger partial charge in [-0.05, 0) is 19.8 Å². The Balaban J connectivity index is 2.53. The van der Waals surface area contributed by atoms with E-state index in [2.05, 4.69) is 12.2 Å². The van der Waals surface area contributed by atoms with Gasteiger partial charge in [-0.1, -0.05) is 76.3 Å². The molecule has 0 aliphatic heterocycles. The van der Waals surface area contributed by atoms with Crippen LogP contribution in [0.5, 0.6) is 11.5 Å². The molecule has 3 N–H and O–H groups in total. The molecule has 0 heterocycles. The maximum Gasteiger partial charge on any atom is 0.344 e. The highest BCUT2D eigenvalue weighted by atomic mass is 35.5. The smallest absolute Gasteiger partial charge is 0.344 e. The fourth-order valence-corrected chi connectivity index (χ4v) is 3.52. The summed E-state index contributed by atoms with van der Waals surface area (Å²) in [5, 5.41) is 22.1. The third-order valence-electron chi connectivity index (χ3n) is 5.11. The zero-order valence-electron chi connectivity index (χ0n) is 18.4. The maximum absolute atomic E-state index is 11.6. The van der Waals surface area contributed by atoms with Gasteiger partial charge in [0.05, 0.1) is 10.7 Å². The van der Waals surface area contributed by atoms with Crippen LogP contribution in [-0.2, 0) is 9.59 Å². The molecule has 0 bridgehead atoms. The van der Waals surface area contributed by atoms with E-state index in [9.17, 15) is 19.8 Å². The lowest BCUT2D eigenvalue weighted by Gasteiger charge is -2.19. The summed E-state index contributed by atoms with van der Waals surface area (Å²) in [4.78, 5) is 23.0. The molecule has 1 rings (SSSR count). The first-order valence-electron chi connectivity index (χ1n) is 11.0. The van der Waals surface area contributed by atoms with Crippen LogP contribution in [0.1, 0.15) is 90.0 Å². The molecule has 0 saturated carbocycles. The van der Waals surface area contributed by atoms with Crippen molar-refractivity contribution in [2.45, 2.75) is 97.5 Å². The van der Waals surface area contributed by atoms with Crippen molar-refractivity contribution in [3.63, 3.8) is 0 Å². The molecule has 0 saturated heterocycles. The molecule has 0 aliphatic rings. The van der Waals surface area contributed by atoms with E-state index in [4.69, 9.17) is 16.3 Å². The van der Waals surface area contributed by atoms with Gasteiger partial charge in [0.15, 0.2) is 11.9 Å². The van der Waals surface area contributed by atoms with Crippen LogP contribution in [0.15, 0.2) is 6.07 Å². The Morgan fingerprint density at radius 3 is 2.10 bits per heavy atom. The van der Waals surface area contributed by atoms with Gasteiger partial charge < -0.3 is 20.3 Å². The number of hydrogen-bond acceptors (Lipinski definition) is 4. The molecular formula is C23H36ClNO5. The van der Waals surface area contributed by atoms with E-state index in [1.54, 1.807) is 6.92 Å². The number of nitrogens with one attached hydrogen (secondary N) is 1. The number of carboxylic acids is 1. The highest BCUT2D eigenvalue weighted by Gasteiger charge is 2.23. The van der Waals surface area contributed by atoms with E-state index in [-0.39, 0.29) is 28.1 Å². The largest absolute Gasteiger partial charge is 0.504 e. The molecule has 1 aromatic carbocycles. The molecule has 6 nitrogen and oxygen atoms in total. The minimum atomic E-state index is -1.05. The fourth-order valence-electron chi connectivity index (χ4n) is 3.32. The Kier molecular flexibility index (Phi) is 12.3. The number of anilines is 1. The van der Waals surface area contributed by atoms with Crippen molar-refractivity contribution in [3.05, 3.63) is 16.7 Å². The second-order valence-corrected chi connectivity index (χ2v) is 8.18. The Morgan fingerprint density at radius 2 is 1.60 bits per heavy atom. The maximum atomic E-state index is 11.6. The van der Waals surface area contributed by atoms with Crippen LogP contribution >= 0.6 is 11.6 Å². The second-order valence-electron chi connectivity index (χ2n) is 7.81. The number of amides is 1. The number of phenols is 1.